The van der Waals surface area contributed by atoms with Crippen LogP contribution in [0, 0.1) is 17.7 Å². The van der Waals surface area contributed by atoms with Gasteiger partial charge < -0.3 is 5.32 Å². The Labute approximate surface area is 162 Å². The molecule has 1 N–H and O–H groups in total. The summed E-state index contributed by atoms with van der Waals surface area (Å²) in [6, 6.07) is 6.13. The average Bonchev–Trinajstić information content (AvgIpc) is 2.86. The summed E-state index contributed by atoms with van der Waals surface area (Å²) < 4.78 is 41.1. The molecule has 0 radical (unpaired) electrons. The summed E-state index contributed by atoms with van der Waals surface area (Å²) in [5, 5.41) is 7.48. The highest BCUT2D eigenvalue weighted by atomic mass is 19.3. The van der Waals surface area contributed by atoms with E-state index in [4.69, 9.17) is 0 Å². The standard InChI is InChI=1S/C21H24F3N3O/c1-27-20(25-18(28)10-14-11-21(23,24)12-14)19(15-5-7-16(22)8-6-15)17(26-27)9-13-3-2-4-13/h5-8,13-14H,2-4,9-12H2,1H3,(H,25,28). The van der Waals surface area contributed by atoms with E-state index >= 15 is 0 Å². The van der Waals surface area contributed by atoms with Gasteiger partial charge in [0.15, 0.2) is 0 Å². The van der Waals surface area contributed by atoms with Gasteiger partial charge in [0.05, 0.1) is 5.69 Å². The lowest BCUT2D eigenvalue weighted by Gasteiger charge is -2.34. The van der Waals surface area contributed by atoms with Gasteiger partial charge in [0, 0.05) is 31.9 Å². The van der Waals surface area contributed by atoms with E-state index < -0.39 is 5.92 Å². The third-order valence-corrected chi connectivity index (χ3v) is 5.87. The molecule has 28 heavy (non-hydrogen) atoms. The average molecular weight is 391 g/mol. The first-order valence-electron chi connectivity index (χ1n) is 9.80. The molecule has 0 aliphatic heterocycles. The third kappa shape index (κ3) is 3.93. The number of hydrogen-bond donors (Lipinski definition) is 1. The minimum atomic E-state index is -2.63. The van der Waals surface area contributed by atoms with Gasteiger partial charge in [0.2, 0.25) is 11.8 Å². The Morgan fingerprint density at radius 3 is 2.46 bits per heavy atom. The van der Waals surface area contributed by atoms with Crippen molar-refractivity contribution in [2.45, 2.75) is 50.9 Å². The summed E-state index contributed by atoms with van der Waals surface area (Å²) in [7, 11) is 1.75. The lowest BCUT2D eigenvalue weighted by atomic mass is 9.79. The Morgan fingerprint density at radius 1 is 1.21 bits per heavy atom. The second-order valence-corrected chi connectivity index (χ2v) is 8.18. The smallest absolute Gasteiger partial charge is 0.248 e. The Morgan fingerprint density at radius 2 is 1.89 bits per heavy atom. The number of hydrogen-bond acceptors (Lipinski definition) is 2. The molecule has 7 heteroatoms. The van der Waals surface area contributed by atoms with Crippen LogP contribution in [0.3, 0.4) is 0 Å². The van der Waals surface area contributed by atoms with E-state index in [1.807, 2.05) is 0 Å². The molecule has 1 aromatic carbocycles. The maximum absolute atomic E-state index is 13.4. The SMILES string of the molecule is Cn1nc(CC2CCC2)c(-c2ccc(F)cc2)c1NC(=O)CC1CC(F)(F)C1. The van der Waals surface area contributed by atoms with Crippen LogP contribution in [0.5, 0.6) is 0 Å². The predicted molar refractivity (Wildman–Crippen MR) is 101 cm³/mol. The summed E-state index contributed by atoms with van der Waals surface area (Å²) in [6.45, 7) is 0. The van der Waals surface area contributed by atoms with Crippen LogP contribution < -0.4 is 5.32 Å². The summed E-state index contributed by atoms with van der Waals surface area (Å²) in [5.74, 6) is -2.42. The summed E-state index contributed by atoms with van der Waals surface area (Å²) in [5.41, 5.74) is 2.46. The molecule has 0 saturated heterocycles. The van der Waals surface area contributed by atoms with Crippen LogP contribution in [0.4, 0.5) is 19.0 Å². The molecular formula is C21H24F3N3O. The van der Waals surface area contributed by atoms with Crippen molar-refractivity contribution < 1.29 is 18.0 Å². The predicted octanol–water partition coefficient (Wildman–Crippen LogP) is 4.94. The van der Waals surface area contributed by atoms with E-state index in [9.17, 15) is 18.0 Å². The van der Waals surface area contributed by atoms with Crippen molar-refractivity contribution >= 4 is 11.7 Å². The molecule has 0 unspecified atom stereocenters. The molecular weight excluding hydrogens is 367 g/mol. The van der Waals surface area contributed by atoms with Gasteiger partial charge in [-0.25, -0.2) is 13.2 Å². The Kier molecular flexibility index (Phi) is 4.93. The van der Waals surface area contributed by atoms with Gasteiger partial charge in [-0.15, -0.1) is 0 Å². The van der Waals surface area contributed by atoms with Gasteiger partial charge in [-0.05, 0) is 36.0 Å². The van der Waals surface area contributed by atoms with Gasteiger partial charge in [-0.1, -0.05) is 31.4 Å². The number of amides is 1. The monoisotopic (exact) mass is 391 g/mol. The number of halogens is 3. The highest BCUT2D eigenvalue weighted by molar-refractivity contribution is 5.95. The molecule has 2 saturated carbocycles. The second-order valence-electron chi connectivity index (χ2n) is 8.18. The largest absolute Gasteiger partial charge is 0.310 e. The first-order valence-corrected chi connectivity index (χ1v) is 9.80. The maximum atomic E-state index is 13.4. The van der Waals surface area contributed by atoms with Crippen molar-refractivity contribution in [3.63, 3.8) is 0 Å². The molecule has 2 aliphatic rings. The number of aryl methyl sites for hydroxylation is 1. The summed E-state index contributed by atoms with van der Waals surface area (Å²) in [4.78, 5) is 12.5. The number of carbonyl (C=O) groups excluding carboxylic acids is 1. The van der Waals surface area contributed by atoms with Gasteiger partial charge in [0.25, 0.3) is 0 Å². The van der Waals surface area contributed by atoms with Crippen molar-refractivity contribution in [3.05, 3.63) is 35.8 Å². The minimum absolute atomic E-state index is 0.0710. The first kappa shape index (κ1) is 19.0. The van der Waals surface area contributed by atoms with E-state index in [0.29, 0.717) is 11.7 Å². The van der Waals surface area contributed by atoms with Gasteiger partial charge in [-0.2, -0.15) is 5.10 Å². The fourth-order valence-corrected chi connectivity index (χ4v) is 4.13. The molecule has 1 amide bonds. The maximum Gasteiger partial charge on any atom is 0.248 e. The Balaban J connectivity index is 1.58. The van der Waals surface area contributed by atoms with Gasteiger partial charge >= 0.3 is 0 Å². The van der Waals surface area contributed by atoms with E-state index in [0.717, 1.165) is 36.1 Å². The number of anilines is 1. The lowest BCUT2D eigenvalue weighted by molar-refractivity contribution is -0.129. The number of carbonyl (C=O) groups is 1. The van der Waals surface area contributed by atoms with E-state index in [1.54, 1.807) is 23.9 Å². The van der Waals surface area contributed by atoms with E-state index in [-0.39, 0.29) is 36.9 Å². The van der Waals surface area contributed by atoms with Crippen molar-refractivity contribution in [2.75, 3.05) is 5.32 Å². The summed E-state index contributed by atoms with van der Waals surface area (Å²) >= 11 is 0. The van der Waals surface area contributed by atoms with Crippen LogP contribution in [-0.2, 0) is 18.3 Å². The van der Waals surface area contributed by atoms with Crippen molar-refractivity contribution in [2.24, 2.45) is 18.9 Å². The first-order chi connectivity index (χ1) is 13.3. The summed E-state index contributed by atoms with van der Waals surface area (Å²) in [6.07, 6.45) is 3.97. The van der Waals surface area contributed by atoms with E-state index in [1.165, 1.54) is 18.6 Å². The second kappa shape index (κ2) is 7.26. The Bertz CT molecular complexity index is 864. The fourth-order valence-electron chi connectivity index (χ4n) is 4.13. The number of rotatable bonds is 6. The Hall–Kier alpha value is -2.31. The third-order valence-electron chi connectivity index (χ3n) is 5.87. The molecule has 4 nitrogen and oxygen atoms in total. The van der Waals surface area contributed by atoms with Crippen LogP contribution in [0.1, 0.15) is 44.2 Å². The molecule has 0 atom stereocenters. The molecule has 0 bridgehead atoms. The van der Waals surface area contributed by atoms with Crippen molar-refractivity contribution in [3.8, 4) is 11.1 Å². The zero-order valence-corrected chi connectivity index (χ0v) is 15.9. The van der Waals surface area contributed by atoms with Gasteiger partial charge in [0.1, 0.15) is 11.6 Å². The lowest BCUT2D eigenvalue weighted by Crippen LogP contribution is -2.37. The van der Waals surface area contributed by atoms with Gasteiger partial charge in [-0.3, -0.25) is 9.48 Å². The zero-order chi connectivity index (χ0) is 19.9. The molecule has 2 aliphatic carbocycles. The molecule has 1 aromatic heterocycles. The molecule has 2 aromatic rings. The zero-order valence-electron chi connectivity index (χ0n) is 15.9. The number of nitrogens with zero attached hydrogens (tertiary/aromatic N) is 2. The molecule has 1 heterocycles. The van der Waals surface area contributed by atoms with Crippen LogP contribution in [0.25, 0.3) is 11.1 Å². The number of aromatic nitrogens is 2. The molecule has 4 rings (SSSR count). The topological polar surface area (TPSA) is 46.9 Å². The number of alkyl halides is 2. The minimum Gasteiger partial charge on any atom is -0.310 e. The van der Waals surface area contributed by atoms with Crippen molar-refractivity contribution in [1.82, 2.24) is 9.78 Å². The normalized spacial score (nSPS) is 19.1. The van der Waals surface area contributed by atoms with Crippen LogP contribution in [-0.4, -0.2) is 21.6 Å². The van der Waals surface area contributed by atoms with E-state index in [2.05, 4.69) is 10.4 Å². The molecule has 2 fully saturated rings. The fraction of sp³-hybridized carbons (Fsp3) is 0.524. The quantitative estimate of drug-likeness (QED) is 0.758. The van der Waals surface area contributed by atoms with Crippen LogP contribution >= 0.6 is 0 Å². The van der Waals surface area contributed by atoms with Crippen LogP contribution in [0.15, 0.2) is 24.3 Å². The van der Waals surface area contributed by atoms with Crippen LogP contribution in [0.2, 0.25) is 0 Å². The highest BCUT2D eigenvalue weighted by Crippen LogP contribution is 2.44. The number of benzene rings is 1. The molecule has 0 spiro atoms. The number of nitrogens with one attached hydrogen (secondary N) is 1. The molecule has 150 valence electrons. The highest BCUT2D eigenvalue weighted by Gasteiger charge is 2.45. The van der Waals surface area contributed by atoms with Crippen molar-refractivity contribution in [1.29, 1.82) is 0 Å².